The Kier molecular flexibility index (Phi) is 3.97. The van der Waals surface area contributed by atoms with Crippen LogP contribution >= 0.6 is 11.6 Å². The van der Waals surface area contributed by atoms with E-state index >= 15 is 0 Å². The number of amides is 1. The Morgan fingerprint density at radius 1 is 1.53 bits per heavy atom. The summed E-state index contributed by atoms with van der Waals surface area (Å²) in [5.74, 6) is -0.950. The number of halogens is 2. The minimum atomic E-state index is -0.546. The molecule has 1 aliphatic rings. The smallest absolute Gasteiger partial charge is 0.254 e. The molecule has 1 atom stereocenters. The minimum absolute atomic E-state index is 0.00285. The van der Waals surface area contributed by atoms with Gasteiger partial charge in [-0.3, -0.25) is 4.79 Å². The molecule has 1 amide bonds. The number of rotatable bonds is 2. The molecule has 0 saturated carbocycles. The van der Waals surface area contributed by atoms with Crippen molar-refractivity contribution < 1.29 is 9.18 Å². The lowest BCUT2D eigenvalue weighted by Crippen LogP contribution is -2.45. The summed E-state index contributed by atoms with van der Waals surface area (Å²) in [6.45, 7) is 1.70. The van der Waals surface area contributed by atoms with Crippen molar-refractivity contribution in [2.45, 2.75) is 18.9 Å². The van der Waals surface area contributed by atoms with E-state index in [2.05, 4.69) is 10.6 Å². The lowest BCUT2D eigenvalue weighted by molar-refractivity contribution is 0.0926. The van der Waals surface area contributed by atoms with Crippen molar-refractivity contribution >= 4 is 17.5 Å². The minimum Gasteiger partial charge on any atom is -0.348 e. The first-order chi connectivity index (χ1) is 8.16. The molecule has 3 nitrogen and oxygen atoms in total. The van der Waals surface area contributed by atoms with Crippen molar-refractivity contribution in [3.63, 3.8) is 0 Å². The van der Waals surface area contributed by atoms with Gasteiger partial charge in [-0.15, -0.1) is 0 Å². The molecule has 0 aromatic heterocycles. The van der Waals surface area contributed by atoms with Gasteiger partial charge in [0.2, 0.25) is 0 Å². The second-order valence-electron chi connectivity index (χ2n) is 4.14. The maximum absolute atomic E-state index is 13.4. The predicted octanol–water partition coefficient (Wildman–Crippen LogP) is 1.96. The van der Waals surface area contributed by atoms with Crippen LogP contribution in [0.25, 0.3) is 0 Å². The molecule has 0 radical (unpaired) electrons. The molecule has 1 fully saturated rings. The molecule has 5 heteroatoms. The molecular formula is C12H14ClFN2O. The summed E-state index contributed by atoms with van der Waals surface area (Å²) in [6.07, 6.45) is 1.93. The third-order valence-electron chi connectivity index (χ3n) is 2.81. The molecule has 2 N–H and O–H groups in total. The molecule has 0 aliphatic carbocycles. The Balaban J connectivity index is 2.05. The van der Waals surface area contributed by atoms with Gasteiger partial charge in [-0.25, -0.2) is 4.39 Å². The fourth-order valence-corrected chi connectivity index (χ4v) is 2.08. The number of carbonyl (C=O) groups is 1. The van der Waals surface area contributed by atoms with E-state index in [0.29, 0.717) is 5.02 Å². The van der Waals surface area contributed by atoms with Crippen LogP contribution in [0.5, 0.6) is 0 Å². The van der Waals surface area contributed by atoms with Crippen LogP contribution in [-0.4, -0.2) is 25.0 Å². The fraction of sp³-hybridized carbons (Fsp3) is 0.417. The third kappa shape index (κ3) is 3.17. The van der Waals surface area contributed by atoms with Gasteiger partial charge >= 0.3 is 0 Å². The fourth-order valence-electron chi connectivity index (χ4n) is 1.91. The molecule has 0 spiro atoms. The van der Waals surface area contributed by atoms with E-state index in [-0.39, 0.29) is 11.6 Å². The maximum atomic E-state index is 13.4. The SMILES string of the molecule is O=C(N[C@@H]1CCCNC1)c1cc(Cl)ccc1F. The van der Waals surface area contributed by atoms with E-state index in [1.165, 1.54) is 18.2 Å². The average Bonchev–Trinajstić information content (AvgIpc) is 2.33. The summed E-state index contributed by atoms with van der Waals surface area (Å²) in [4.78, 5) is 11.8. The first kappa shape index (κ1) is 12.3. The normalized spacial score (nSPS) is 20.0. The van der Waals surface area contributed by atoms with E-state index in [9.17, 15) is 9.18 Å². The highest BCUT2D eigenvalue weighted by Crippen LogP contribution is 2.15. The number of nitrogens with one attached hydrogen (secondary N) is 2. The van der Waals surface area contributed by atoms with E-state index < -0.39 is 11.7 Å². The van der Waals surface area contributed by atoms with Gasteiger partial charge < -0.3 is 10.6 Å². The van der Waals surface area contributed by atoms with Crippen LogP contribution in [0.1, 0.15) is 23.2 Å². The monoisotopic (exact) mass is 256 g/mol. The average molecular weight is 257 g/mol. The Morgan fingerprint density at radius 3 is 3.06 bits per heavy atom. The van der Waals surface area contributed by atoms with E-state index in [0.717, 1.165) is 25.9 Å². The van der Waals surface area contributed by atoms with Gasteiger partial charge in [-0.2, -0.15) is 0 Å². The van der Waals surface area contributed by atoms with Crippen molar-refractivity contribution in [3.05, 3.63) is 34.6 Å². The highest BCUT2D eigenvalue weighted by molar-refractivity contribution is 6.31. The van der Waals surface area contributed by atoms with E-state index in [1.54, 1.807) is 0 Å². The largest absolute Gasteiger partial charge is 0.348 e. The Labute approximate surface area is 104 Å². The first-order valence-corrected chi connectivity index (χ1v) is 6.01. The molecule has 92 valence electrons. The van der Waals surface area contributed by atoms with Crippen LogP contribution in [0.15, 0.2) is 18.2 Å². The summed E-state index contributed by atoms with van der Waals surface area (Å²) >= 11 is 5.74. The molecular weight excluding hydrogens is 243 g/mol. The molecule has 1 aromatic rings. The molecule has 1 aromatic carbocycles. The van der Waals surface area contributed by atoms with E-state index in [1.807, 2.05) is 0 Å². The molecule has 1 heterocycles. The Morgan fingerprint density at radius 2 is 2.35 bits per heavy atom. The maximum Gasteiger partial charge on any atom is 0.254 e. The summed E-state index contributed by atoms with van der Waals surface area (Å²) in [5.41, 5.74) is 0.00285. The Bertz CT molecular complexity index is 419. The van der Waals surface area contributed by atoms with Gasteiger partial charge in [0, 0.05) is 17.6 Å². The number of piperidine rings is 1. The van der Waals surface area contributed by atoms with Crippen molar-refractivity contribution in [3.8, 4) is 0 Å². The highest BCUT2D eigenvalue weighted by atomic mass is 35.5. The number of hydrogen-bond acceptors (Lipinski definition) is 2. The van der Waals surface area contributed by atoms with Crippen LogP contribution in [0.2, 0.25) is 5.02 Å². The molecule has 1 saturated heterocycles. The summed E-state index contributed by atoms with van der Waals surface area (Å²) in [7, 11) is 0. The van der Waals surface area contributed by atoms with Gasteiger partial charge in [0.15, 0.2) is 0 Å². The van der Waals surface area contributed by atoms with Gasteiger partial charge in [0.1, 0.15) is 5.82 Å². The van der Waals surface area contributed by atoms with Gasteiger partial charge in [0.25, 0.3) is 5.91 Å². The summed E-state index contributed by atoms with van der Waals surface area (Å²) in [6, 6.07) is 4.05. The van der Waals surface area contributed by atoms with Crippen molar-refractivity contribution in [1.29, 1.82) is 0 Å². The second kappa shape index (κ2) is 5.47. The van der Waals surface area contributed by atoms with Crippen molar-refractivity contribution in [2.24, 2.45) is 0 Å². The quantitative estimate of drug-likeness (QED) is 0.849. The zero-order valence-electron chi connectivity index (χ0n) is 9.30. The molecule has 1 aliphatic heterocycles. The number of benzene rings is 1. The topological polar surface area (TPSA) is 41.1 Å². The van der Waals surface area contributed by atoms with Crippen LogP contribution in [0, 0.1) is 5.82 Å². The van der Waals surface area contributed by atoms with Gasteiger partial charge in [-0.1, -0.05) is 11.6 Å². The van der Waals surface area contributed by atoms with Gasteiger partial charge in [0.05, 0.1) is 5.56 Å². The van der Waals surface area contributed by atoms with Crippen LogP contribution < -0.4 is 10.6 Å². The molecule has 0 unspecified atom stereocenters. The zero-order valence-corrected chi connectivity index (χ0v) is 10.1. The third-order valence-corrected chi connectivity index (χ3v) is 3.04. The predicted molar refractivity (Wildman–Crippen MR) is 64.8 cm³/mol. The van der Waals surface area contributed by atoms with Crippen molar-refractivity contribution in [1.82, 2.24) is 10.6 Å². The summed E-state index contributed by atoms with van der Waals surface area (Å²) < 4.78 is 13.4. The molecule has 2 rings (SSSR count). The van der Waals surface area contributed by atoms with Crippen molar-refractivity contribution in [2.75, 3.05) is 13.1 Å². The van der Waals surface area contributed by atoms with E-state index in [4.69, 9.17) is 11.6 Å². The van der Waals surface area contributed by atoms with Crippen LogP contribution in [-0.2, 0) is 0 Å². The molecule has 0 bridgehead atoms. The zero-order chi connectivity index (χ0) is 12.3. The van der Waals surface area contributed by atoms with Crippen LogP contribution in [0.3, 0.4) is 0 Å². The van der Waals surface area contributed by atoms with Gasteiger partial charge in [-0.05, 0) is 37.6 Å². The summed E-state index contributed by atoms with van der Waals surface area (Å²) in [5, 5.41) is 6.35. The highest BCUT2D eigenvalue weighted by Gasteiger charge is 2.18. The Hall–Kier alpha value is -1.13. The second-order valence-corrected chi connectivity index (χ2v) is 4.58. The number of hydrogen-bond donors (Lipinski definition) is 2. The lowest BCUT2D eigenvalue weighted by Gasteiger charge is -2.23. The lowest BCUT2D eigenvalue weighted by atomic mass is 10.1. The van der Waals surface area contributed by atoms with Crippen LogP contribution in [0.4, 0.5) is 4.39 Å². The standard InChI is InChI=1S/C12H14ClFN2O/c13-8-3-4-11(14)10(6-8)12(17)16-9-2-1-5-15-7-9/h3-4,6,9,15H,1-2,5,7H2,(H,16,17)/t9-/m1/s1. The number of carbonyl (C=O) groups excluding carboxylic acids is 1. The molecule has 17 heavy (non-hydrogen) atoms. The first-order valence-electron chi connectivity index (χ1n) is 5.63.